The molecule has 3 atom stereocenters. The molecule has 0 aromatic heterocycles. The number of benzene rings is 1. The zero-order valence-electron chi connectivity index (χ0n) is 13.1. The molecule has 0 bridgehead atoms. The highest BCUT2D eigenvalue weighted by atomic mass is 16.5. The van der Waals surface area contributed by atoms with Gasteiger partial charge in [0.05, 0.1) is 26.2 Å². The Kier molecular flexibility index (Phi) is 5.07. The van der Waals surface area contributed by atoms with E-state index in [1.165, 1.54) is 0 Å². The van der Waals surface area contributed by atoms with Crippen molar-refractivity contribution in [2.75, 3.05) is 27.3 Å². The smallest absolute Gasteiger partial charge is 0.225 e. The van der Waals surface area contributed by atoms with Crippen molar-refractivity contribution in [3.8, 4) is 11.5 Å². The summed E-state index contributed by atoms with van der Waals surface area (Å²) in [6, 6.07) is 5.48. The van der Waals surface area contributed by atoms with E-state index < -0.39 is 0 Å². The second kappa shape index (κ2) is 6.80. The second-order valence-corrected chi connectivity index (χ2v) is 5.58. The van der Waals surface area contributed by atoms with Crippen molar-refractivity contribution in [2.24, 2.45) is 11.8 Å². The van der Waals surface area contributed by atoms with Gasteiger partial charge in [0.2, 0.25) is 5.91 Å². The monoisotopic (exact) mass is 292 g/mol. The molecule has 1 aromatic rings. The van der Waals surface area contributed by atoms with Gasteiger partial charge in [-0.25, -0.2) is 0 Å². The lowest BCUT2D eigenvalue weighted by Crippen LogP contribution is -2.36. The Balaban J connectivity index is 2.12. The van der Waals surface area contributed by atoms with Gasteiger partial charge >= 0.3 is 0 Å². The third-order valence-electron chi connectivity index (χ3n) is 4.12. The molecule has 0 spiro atoms. The number of methoxy groups -OCH3 is 2. The van der Waals surface area contributed by atoms with Crippen molar-refractivity contribution in [3.05, 3.63) is 23.8 Å². The number of hydrogen-bond acceptors (Lipinski definition) is 4. The first-order valence-electron chi connectivity index (χ1n) is 7.29. The summed E-state index contributed by atoms with van der Waals surface area (Å²) in [5.41, 5.74) is 0.920. The molecule has 0 saturated carbocycles. The van der Waals surface area contributed by atoms with Crippen LogP contribution in [0.25, 0.3) is 0 Å². The highest BCUT2D eigenvalue weighted by Crippen LogP contribution is 2.29. The Morgan fingerprint density at radius 1 is 1.33 bits per heavy atom. The first-order chi connectivity index (χ1) is 10.1. The van der Waals surface area contributed by atoms with E-state index in [1.54, 1.807) is 14.2 Å². The maximum absolute atomic E-state index is 12.4. The van der Waals surface area contributed by atoms with E-state index in [2.05, 4.69) is 17.6 Å². The van der Waals surface area contributed by atoms with Crippen LogP contribution >= 0.6 is 0 Å². The molecule has 1 aromatic carbocycles. The lowest BCUT2D eigenvalue weighted by atomic mass is 9.96. The molecule has 1 fully saturated rings. The van der Waals surface area contributed by atoms with Crippen LogP contribution in [0.5, 0.6) is 11.5 Å². The Morgan fingerprint density at radius 2 is 2.10 bits per heavy atom. The molecule has 5 heteroatoms. The standard InChI is InChI=1S/C16H24N2O3/c1-10-8-17-9-14(10)16(19)18-11(2)13-7-12(20-3)5-6-15(13)21-4/h5-7,10-11,14,17H,8-9H2,1-4H3,(H,18,19). The van der Waals surface area contributed by atoms with Crippen LogP contribution in [0.2, 0.25) is 0 Å². The first kappa shape index (κ1) is 15.6. The van der Waals surface area contributed by atoms with Gasteiger partial charge in [0, 0.05) is 12.1 Å². The van der Waals surface area contributed by atoms with Gasteiger partial charge in [-0.1, -0.05) is 6.92 Å². The SMILES string of the molecule is COc1ccc(OC)c(C(C)NC(=O)C2CNCC2C)c1. The molecule has 2 rings (SSSR count). The summed E-state index contributed by atoms with van der Waals surface area (Å²) < 4.78 is 10.6. The number of ether oxygens (including phenoxy) is 2. The zero-order chi connectivity index (χ0) is 15.4. The Labute approximate surface area is 126 Å². The zero-order valence-corrected chi connectivity index (χ0v) is 13.1. The first-order valence-corrected chi connectivity index (χ1v) is 7.29. The van der Waals surface area contributed by atoms with Gasteiger partial charge in [0.15, 0.2) is 0 Å². The fourth-order valence-electron chi connectivity index (χ4n) is 2.74. The molecule has 1 amide bonds. The summed E-state index contributed by atoms with van der Waals surface area (Å²) in [6.07, 6.45) is 0. The quantitative estimate of drug-likeness (QED) is 0.868. The predicted molar refractivity (Wildman–Crippen MR) is 81.6 cm³/mol. The highest BCUT2D eigenvalue weighted by Gasteiger charge is 2.30. The van der Waals surface area contributed by atoms with Crippen molar-refractivity contribution in [1.29, 1.82) is 0 Å². The number of amides is 1. The van der Waals surface area contributed by atoms with Crippen molar-refractivity contribution in [3.63, 3.8) is 0 Å². The summed E-state index contributed by atoms with van der Waals surface area (Å²) in [5, 5.41) is 6.33. The maximum Gasteiger partial charge on any atom is 0.225 e. The second-order valence-electron chi connectivity index (χ2n) is 5.58. The van der Waals surface area contributed by atoms with Gasteiger partial charge < -0.3 is 20.1 Å². The minimum atomic E-state index is -0.129. The average Bonchev–Trinajstić information content (AvgIpc) is 2.92. The molecule has 1 aliphatic heterocycles. The third kappa shape index (κ3) is 3.47. The van der Waals surface area contributed by atoms with Gasteiger partial charge in [-0.15, -0.1) is 0 Å². The van der Waals surface area contributed by atoms with E-state index in [0.717, 1.165) is 30.2 Å². The van der Waals surface area contributed by atoms with Crippen molar-refractivity contribution in [2.45, 2.75) is 19.9 Å². The maximum atomic E-state index is 12.4. The van der Waals surface area contributed by atoms with E-state index in [-0.39, 0.29) is 17.9 Å². The molecule has 1 saturated heterocycles. The number of hydrogen-bond donors (Lipinski definition) is 2. The number of nitrogens with one attached hydrogen (secondary N) is 2. The Bertz CT molecular complexity index is 504. The fraction of sp³-hybridized carbons (Fsp3) is 0.562. The fourth-order valence-corrected chi connectivity index (χ4v) is 2.74. The van der Waals surface area contributed by atoms with Crippen LogP contribution < -0.4 is 20.1 Å². The van der Waals surface area contributed by atoms with E-state index in [4.69, 9.17) is 9.47 Å². The van der Waals surface area contributed by atoms with Crippen LogP contribution in [-0.4, -0.2) is 33.2 Å². The van der Waals surface area contributed by atoms with E-state index in [1.807, 2.05) is 25.1 Å². The van der Waals surface area contributed by atoms with Crippen LogP contribution in [0, 0.1) is 11.8 Å². The van der Waals surface area contributed by atoms with E-state index in [0.29, 0.717) is 5.92 Å². The lowest BCUT2D eigenvalue weighted by Gasteiger charge is -2.21. The molecular formula is C16H24N2O3. The molecule has 116 valence electrons. The summed E-state index contributed by atoms with van der Waals surface area (Å²) in [4.78, 5) is 12.4. The van der Waals surface area contributed by atoms with Gasteiger partial charge in [0.25, 0.3) is 0 Å². The molecule has 21 heavy (non-hydrogen) atoms. The Morgan fingerprint density at radius 3 is 2.67 bits per heavy atom. The van der Waals surface area contributed by atoms with Gasteiger partial charge in [-0.05, 0) is 37.6 Å². The molecular weight excluding hydrogens is 268 g/mol. The number of rotatable bonds is 5. The van der Waals surface area contributed by atoms with Crippen molar-refractivity contribution >= 4 is 5.91 Å². The largest absolute Gasteiger partial charge is 0.497 e. The van der Waals surface area contributed by atoms with E-state index in [9.17, 15) is 4.79 Å². The molecule has 1 aliphatic rings. The third-order valence-corrected chi connectivity index (χ3v) is 4.12. The van der Waals surface area contributed by atoms with Crippen molar-refractivity contribution < 1.29 is 14.3 Å². The predicted octanol–water partition coefficient (Wildman–Crippen LogP) is 1.74. The molecule has 1 heterocycles. The number of carbonyl (C=O) groups excluding carboxylic acids is 1. The van der Waals surface area contributed by atoms with Crippen LogP contribution in [0.15, 0.2) is 18.2 Å². The van der Waals surface area contributed by atoms with Crippen LogP contribution in [0.3, 0.4) is 0 Å². The molecule has 3 unspecified atom stereocenters. The van der Waals surface area contributed by atoms with Crippen LogP contribution in [-0.2, 0) is 4.79 Å². The molecule has 5 nitrogen and oxygen atoms in total. The normalized spacial score (nSPS) is 22.7. The van der Waals surface area contributed by atoms with Gasteiger partial charge in [0.1, 0.15) is 11.5 Å². The molecule has 2 N–H and O–H groups in total. The summed E-state index contributed by atoms with van der Waals surface area (Å²) in [7, 11) is 3.25. The van der Waals surface area contributed by atoms with Gasteiger partial charge in [-0.3, -0.25) is 4.79 Å². The number of carbonyl (C=O) groups is 1. The molecule has 0 radical (unpaired) electrons. The van der Waals surface area contributed by atoms with Crippen LogP contribution in [0.1, 0.15) is 25.5 Å². The van der Waals surface area contributed by atoms with Crippen molar-refractivity contribution in [1.82, 2.24) is 10.6 Å². The highest BCUT2D eigenvalue weighted by molar-refractivity contribution is 5.80. The van der Waals surface area contributed by atoms with Gasteiger partial charge in [-0.2, -0.15) is 0 Å². The summed E-state index contributed by atoms with van der Waals surface area (Å²) >= 11 is 0. The molecule has 0 aliphatic carbocycles. The van der Waals surface area contributed by atoms with E-state index >= 15 is 0 Å². The minimum Gasteiger partial charge on any atom is -0.497 e. The Hall–Kier alpha value is -1.75. The van der Waals surface area contributed by atoms with Crippen LogP contribution in [0.4, 0.5) is 0 Å². The lowest BCUT2D eigenvalue weighted by molar-refractivity contribution is -0.126. The summed E-state index contributed by atoms with van der Waals surface area (Å²) in [6.45, 7) is 5.70. The summed E-state index contributed by atoms with van der Waals surface area (Å²) in [5.74, 6) is 1.99. The minimum absolute atomic E-state index is 0.0315. The topological polar surface area (TPSA) is 59.6 Å². The average molecular weight is 292 g/mol.